The van der Waals surface area contributed by atoms with E-state index in [9.17, 15) is 5.11 Å². The minimum atomic E-state index is 0.204. The van der Waals surface area contributed by atoms with Gasteiger partial charge in [0.2, 0.25) is 0 Å². The molecule has 18 heavy (non-hydrogen) atoms. The second-order valence-electron chi connectivity index (χ2n) is 5.09. The summed E-state index contributed by atoms with van der Waals surface area (Å²) in [6.07, 6.45) is 2.07. The molecule has 1 aromatic rings. The zero-order valence-electron chi connectivity index (χ0n) is 11.7. The summed E-state index contributed by atoms with van der Waals surface area (Å²) < 4.78 is 1.01. The summed E-state index contributed by atoms with van der Waals surface area (Å²) in [5.41, 5.74) is 0.978. The molecule has 1 rings (SSSR count). The van der Waals surface area contributed by atoms with Gasteiger partial charge in [-0.25, -0.2) is 0 Å². The third-order valence-electron chi connectivity index (χ3n) is 3.43. The number of phenolic OH excluding ortho intramolecular Hbond substituents is 1. The largest absolute Gasteiger partial charge is 0.508 e. The first kappa shape index (κ1) is 15.5. The third-order valence-corrected chi connectivity index (χ3v) is 3.93. The number of aromatic hydroxyl groups is 1. The fourth-order valence-corrected chi connectivity index (χ4v) is 2.65. The molecule has 0 aromatic heterocycles. The normalized spacial score (nSPS) is 14.8. The van der Waals surface area contributed by atoms with Crippen molar-refractivity contribution in [1.29, 1.82) is 0 Å². The van der Waals surface area contributed by atoms with E-state index >= 15 is 0 Å². The van der Waals surface area contributed by atoms with E-state index in [1.54, 1.807) is 6.07 Å². The monoisotopic (exact) mass is 313 g/mol. The molecule has 102 valence electrons. The van der Waals surface area contributed by atoms with E-state index in [1.807, 2.05) is 12.1 Å². The first-order valence-corrected chi connectivity index (χ1v) is 7.53. The Hall–Kier alpha value is -0.540. The van der Waals surface area contributed by atoms with Gasteiger partial charge in [0.15, 0.2) is 0 Å². The molecule has 0 fully saturated rings. The summed E-state index contributed by atoms with van der Waals surface area (Å²) in [6.45, 7) is 8.81. The van der Waals surface area contributed by atoms with Crippen LogP contribution in [0.4, 0.5) is 0 Å². The van der Waals surface area contributed by atoms with Crippen LogP contribution < -0.4 is 5.32 Å². The van der Waals surface area contributed by atoms with Gasteiger partial charge < -0.3 is 10.4 Å². The number of hydrogen-bond donors (Lipinski definition) is 2. The number of halogens is 1. The standard InChI is InChI=1S/C15H24BrNO/c1-5-13(10(3)4)17-14(6-2)12-9-11(16)7-8-15(12)18/h7-10,13-14,17-18H,5-6H2,1-4H3. The molecule has 0 aliphatic rings. The second kappa shape index (κ2) is 7.15. The van der Waals surface area contributed by atoms with Gasteiger partial charge in [0.25, 0.3) is 0 Å². The van der Waals surface area contributed by atoms with Crippen molar-refractivity contribution in [2.45, 2.75) is 52.6 Å². The van der Waals surface area contributed by atoms with E-state index in [0.29, 0.717) is 17.7 Å². The Morgan fingerprint density at radius 3 is 2.39 bits per heavy atom. The Balaban J connectivity index is 2.91. The van der Waals surface area contributed by atoms with Crippen LogP contribution in [0, 0.1) is 5.92 Å². The fourth-order valence-electron chi connectivity index (χ4n) is 2.27. The lowest BCUT2D eigenvalue weighted by Crippen LogP contribution is -2.36. The number of phenols is 1. The van der Waals surface area contributed by atoms with Gasteiger partial charge >= 0.3 is 0 Å². The van der Waals surface area contributed by atoms with Crippen molar-refractivity contribution in [3.05, 3.63) is 28.2 Å². The van der Waals surface area contributed by atoms with Crippen molar-refractivity contribution in [1.82, 2.24) is 5.32 Å². The third kappa shape index (κ3) is 3.99. The van der Waals surface area contributed by atoms with Crippen molar-refractivity contribution in [2.24, 2.45) is 5.92 Å². The Morgan fingerprint density at radius 1 is 1.22 bits per heavy atom. The lowest BCUT2D eigenvalue weighted by Gasteiger charge is -2.28. The van der Waals surface area contributed by atoms with Gasteiger partial charge in [0.05, 0.1) is 0 Å². The average molecular weight is 314 g/mol. The van der Waals surface area contributed by atoms with Crippen LogP contribution in [0.15, 0.2) is 22.7 Å². The zero-order chi connectivity index (χ0) is 13.7. The van der Waals surface area contributed by atoms with Crippen LogP contribution in [0.3, 0.4) is 0 Å². The van der Waals surface area contributed by atoms with E-state index in [0.717, 1.165) is 22.9 Å². The first-order valence-electron chi connectivity index (χ1n) is 6.74. The quantitative estimate of drug-likeness (QED) is 0.802. The molecule has 0 bridgehead atoms. The molecule has 0 heterocycles. The highest BCUT2D eigenvalue weighted by molar-refractivity contribution is 9.10. The predicted molar refractivity (Wildman–Crippen MR) is 80.9 cm³/mol. The molecule has 0 saturated carbocycles. The van der Waals surface area contributed by atoms with Gasteiger partial charge in [-0.15, -0.1) is 0 Å². The Kier molecular flexibility index (Phi) is 6.16. The molecule has 0 amide bonds. The predicted octanol–water partition coefficient (Wildman–Crippen LogP) is 4.63. The molecule has 3 heteroatoms. The van der Waals surface area contributed by atoms with E-state index in [2.05, 4.69) is 48.9 Å². The maximum atomic E-state index is 10.00. The summed E-state index contributed by atoms with van der Waals surface area (Å²) in [5, 5.41) is 13.7. The topological polar surface area (TPSA) is 32.3 Å². The molecular weight excluding hydrogens is 290 g/mol. The van der Waals surface area contributed by atoms with Crippen molar-refractivity contribution in [2.75, 3.05) is 0 Å². The zero-order valence-corrected chi connectivity index (χ0v) is 13.3. The molecule has 2 atom stereocenters. The maximum absolute atomic E-state index is 10.00. The first-order chi connectivity index (χ1) is 8.49. The number of rotatable bonds is 6. The molecule has 0 spiro atoms. The van der Waals surface area contributed by atoms with E-state index in [1.165, 1.54) is 0 Å². The van der Waals surface area contributed by atoms with Crippen LogP contribution in [-0.4, -0.2) is 11.1 Å². The SMILES string of the molecule is CCC(NC(CC)C(C)C)c1cc(Br)ccc1O. The van der Waals surface area contributed by atoms with Crippen molar-refractivity contribution < 1.29 is 5.11 Å². The second-order valence-corrected chi connectivity index (χ2v) is 6.01. The number of benzene rings is 1. The van der Waals surface area contributed by atoms with Crippen molar-refractivity contribution in [3.63, 3.8) is 0 Å². The fraction of sp³-hybridized carbons (Fsp3) is 0.600. The van der Waals surface area contributed by atoms with Crippen LogP contribution in [0.5, 0.6) is 5.75 Å². The molecule has 0 saturated heterocycles. The van der Waals surface area contributed by atoms with Crippen LogP contribution in [0.2, 0.25) is 0 Å². The van der Waals surface area contributed by atoms with E-state index in [4.69, 9.17) is 0 Å². The smallest absolute Gasteiger partial charge is 0.120 e. The van der Waals surface area contributed by atoms with Gasteiger partial charge in [0, 0.05) is 22.1 Å². The summed E-state index contributed by atoms with van der Waals surface area (Å²) in [4.78, 5) is 0. The summed E-state index contributed by atoms with van der Waals surface area (Å²) in [5.74, 6) is 0.967. The van der Waals surface area contributed by atoms with Gasteiger partial charge in [-0.05, 0) is 37.0 Å². The lowest BCUT2D eigenvalue weighted by atomic mass is 9.97. The van der Waals surface area contributed by atoms with Gasteiger partial charge in [-0.1, -0.05) is 43.6 Å². The molecule has 2 N–H and O–H groups in total. The van der Waals surface area contributed by atoms with E-state index < -0.39 is 0 Å². The summed E-state index contributed by atoms with van der Waals surface area (Å²) in [6, 6.07) is 6.30. The molecular formula is C15H24BrNO. The molecule has 2 nitrogen and oxygen atoms in total. The molecule has 0 radical (unpaired) electrons. The number of nitrogens with one attached hydrogen (secondary N) is 1. The van der Waals surface area contributed by atoms with Gasteiger partial charge in [-0.2, -0.15) is 0 Å². The molecule has 0 aliphatic heterocycles. The molecule has 1 aromatic carbocycles. The van der Waals surface area contributed by atoms with Gasteiger partial charge in [-0.3, -0.25) is 0 Å². The minimum absolute atomic E-state index is 0.204. The highest BCUT2D eigenvalue weighted by atomic mass is 79.9. The molecule has 0 aliphatic carbocycles. The minimum Gasteiger partial charge on any atom is -0.508 e. The highest BCUT2D eigenvalue weighted by Gasteiger charge is 2.19. The Morgan fingerprint density at radius 2 is 1.89 bits per heavy atom. The van der Waals surface area contributed by atoms with Crippen LogP contribution in [0.25, 0.3) is 0 Å². The average Bonchev–Trinajstić information content (AvgIpc) is 2.34. The molecule has 2 unspecified atom stereocenters. The Bertz CT molecular complexity index is 379. The van der Waals surface area contributed by atoms with Crippen LogP contribution >= 0.6 is 15.9 Å². The summed E-state index contributed by atoms with van der Waals surface area (Å²) in [7, 11) is 0. The van der Waals surface area contributed by atoms with Crippen molar-refractivity contribution >= 4 is 15.9 Å². The Labute approximate surface area is 119 Å². The lowest BCUT2D eigenvalue weighted by molar-refractivity contribution is 0.334. The van der Waals surface area contributed by atoms with Gasteiger partial charge in [0.1, 0.15) is 5.75 Å². The van der Waals surface area contributed by atoms with Crippen LogP contribution in [-0.2, 0) is 0 Å². The van der Waals surface area contributed by atoms with Crippen LogP contribution in [0.1, 0.15) is 52.1 Å². The van der Waals surface area contributed by atoms with Crippen molar-refractivity contribution in [3.8, 4) is 5.75 Å². The summed E-state index contributed by atoms with van der Waals surface area (Å²) >= 11 is 3.47. The number of hydrogen-bond acceptors (Lipinski definition) is 2. The highest BCUT2D eigenvalue weighted by Crippen LogP contribution is 2.30. The maximum Gasteiger partial charge on any atom is 0.120 e. The van der Waals surface area contributed by atoms with E-state index in [-0.39, 0.29) is 6.04 Å².